The summed E-state index contributed by atoms with van der Waals surface area (Å²) in [6.45, 7) is 4.03. The lowest BCUT2D eigenvalue weighted by Crippen LogP contribution is -2.36. The molecule has 0 saturated carbocycles. The number of ether oxygens (including phenoxy) is 2. The molecule has 80 valence electrons. The first-order valence-corrected chi connectivity index (χ1v) is 4.77. The van der Waals surface area contributed by atoms with Crippen molar-refractivity contribution in [1.29, 1.82) is 0 Å². The third-order valence-electron chi connectivity index (χ3n) is 2.11. The van der Waals surface area contributed by atoms with Gasteiger partial charge in [0.05, 0.1) is 6.61 Å². The highest BCUT2D eigenvalue weighted by Gasteiger charge is 2.34. The summed E-state index contributed by atoms with van der Waals surface area (Å²) >= 11 is 0. The van der Waals surface area contributed by atoms with Crippen LogP contribution in [0.25, 0.3) is 0 Å². The smallest absolute Gasteiger partial charge is 0.413 e. The van der Waals surface area contributed by atoms with Gasteiger partial charge in [-0.3, -0.25) is 4.90 Å². The van der Waals surface area contributed by atoms with Crippen molar-refractivity contribution in [2.24, 2.45) is 0 Å². The third kappa shape index (κ3) is 2.37. The standard InChI is InChI=1S/C9H15NO4/c1-3-4-5-13-9(12)10-6-14-8(11)7(10)2/h7H,3-6H2,1-2H3. The van der Waals surface area contributed by atoms with Gasteiger partial charge in [0, 0.05) is 0 Å². The van der Waals surface area contributed by atoms with Crippen molar-refractivity contribution in [1.82, 2.24) is 4.90 Å². The summed E-state index contributed by atoms with van der Waals surface area (Å²) in [7, 11) is 0. The van der Waals surface area contributed by atoms with Crippen molar-refractivity contribution in [3.05, 3.63) is 0 Å². The van der Waals surface area contributed by atoms with Gasteiger partial charge in [-0.15, -0.1) is 0 Å². The predicted molar refractivity (Wildman–Crippen MR) is 48.5 cm³/mol. The van der Waals surface area contributed by atoms with E-state index >= 15 is 0 Å². The van der Waals surface area contributed by atoms with Crippen LogP contribution in [0.1, 0.15) is 26.7 Å². The summed E-state index contributed by atoms with van der Waals surface area (Å²) in [4.78, 5) is 23.6. The summed E-state index contributed by atoms with van der Waals surface area (Å²) in [5, 5.41) is 0. The Hall–Kier alpha value is -1.26. The molecule has 5 nitrogen and oxygen atoms in total. The van der Waals surface area contributed by atoms with Crippen molar-refractivity contribution < 1.29 is 19.1 Å². The lowest BCUT2D eigenvalue weighted by Gasteiger charge is -2.16. The van der Waals surface area contributed by atoms with Crippen LogP contribution in [0.15, 0.2) is 0 Å². The van der Waals surface area contributed by atoms with E-state index in [4.69, 9.17) is 9.47 Å². The molecule has 1 rings (SSSR count). The maximum Gasteiger partial charge on any atom is 0.413 e. The van der Waals surface area contributed by atoms with Gasteiger partial charge in [0.2, 0.25) is 0 Å². The summed E-state index contributed by atoms with van der Waals surface area (Å²) in [6.07, 6.45) is 1.33. The van der Waals surface area contributed by atoms with Crippen LogP contribution in [0, 0.1) is 0 Å². The van der Waals surface area contributed by atoms with E-state index < -0.39 is 12.1 Å². The van der Waals surface area contributed by atoms with Crippen LogP contribution >= 0.6 is 0 Å². The molecule has 0 aromatic carbocycles. The minimum absolute atomic E-state index is 0.00492. The number of amides is 1. The molecule has 0 spiro atoms. The molecule has 0 radical (unpaired) electrons. The van der Waals surface area contributed by atoms with Gasteiger partial charge in [0.25, 0.3) is 0 Å². The lowest BCUT2D eigenvalue weighted by molar-refractivity contribution is -0.138. The average molecular weight is 201 g/mol. The van der Waals surface area contributed by atoms with Gasteiger partial charge in [-0.2, -0.15) is 0 Å². The second kappa shape index (κ2) is 4.83. The number of hydrogen-bond acceptors (Lipinski definition) is 4. The van der Waals surface area contributed by atoms with E-state index in [1.807, 2.05) is 6.92 Å². The Morgan fingerprint density at radius 1 is 1.71 bits per heavy atom. The van der Waals surface area contributed by atoms with Crippen molar-refractivity contribution in [2.75, 3.05) is 13.3 Å². The van der Waals surface area contributed by atoms with Gasteiger partial charge in [-0.25, -0.2) is 9.59 Å². The molecule has 1 amide bonds. The molecule has 14 heavy (non-hydrogen) atoms. The molecular formula is C9H15NO4. The fraction of sp³-hybridized carbons (Fsp3) is 0.778. The maximum atomic E-state index is 11.3. The van der Waals surface area contributed by atoms with E-state index in [1.165, 1.54) is 4.90 Å². The highest BCUT2D eigenvalue weighted by atomic mass is 16.6. The summed E-state index contributed by atoms with van der Waals surface area (Å²) in [5.74, 6) is -0.377. The number of rotatable bonds is 3. The van der Waals surface area contributed by atoms with E-state index in [-0.39, 0.29) is 12.7 Å². The zero-order chi connectivity index (χ0) is 10.6. The average Bonchev–Trinajstić information content (AvgIpc) is 2.48. The van der Waals surface area contributed by atoms with Crippen LogP contribution in [-0.2, 0) is 14.3 Å². The van der Waals surface area contributed by atoms with E-state index in [0.29, 0.717) is 6.61 Å². The predicted octanol–water partition coefficient (Wildman–Crippen LogP) is 1.13. The number of carbonyl (C=O) groups excluding carboxylic acids is 2. The monoisotopic (exact) mass is 201 g/mol. The summed E-state index contributed by atoms with van der Waals surface area (Å²) < 4.78 is 9.63. The van der Waals surface area contributed by atoms with Crippen LogP contribution in [0.2, 0.25) is 0 Å². The molecule has 1 fully saturated rings. The van der Waals surface area contributed by atoms with E-state index in [2.05, 4.69) is 0 Å². The quantitative estimate of drug-likeness (QED) is 0.507. The Morgan fingerprint density at radius 2 is 2.43 bits per heavy atom. The SMILES string of the molecule is CCCCOC(=O)N1COC(=O)C1C. The largest absolute Gasteiger partial charge is 0.449 e. The normalized spacial score (nSPS) is 20.9. The van der Waals surface area contributed by atoms with E-state index in [9.17, 15) is 9.59 Å². The highest BCUT2D eigenvalue weighted by Crippen LogP contribution is 2.11. The molecular weight excluding hydrogens is 186 g/mol. The van der Waals surface area contributed by atoms with Crippen LogP contribution in [-0.4, -0.2) is 36.3 Å². The summed E-state index contributed by atoms with van der Waals surface area (Å²) in [6, 6.07) is -0.524. The molecule has 0 aliphatic carbocycles. The van der Waals surface area contributed by atoms with Crippen LogP contribution < -0.4 is 0 Å². The minimum atomic E-state index is -0.524. The first kappa shape index (κ1) is 10.8. The molecule has 0 aromatic heterocycles. The van der Waals surface area contributed by atoms with Crippen molar-refractivity contribution in [2.45, 2.75) is 32.7 Å². The van der Waals surface area contributed by atoms with E-state index in [1.54, 1.807) is 6.92 Å². The molecule has 1 atom stereocenters. The van der Waals surface area contributed by atoms with Gasteiger partial charge in [0.15, 0.2) is 6.73 Å². The molecule has 0 aromatic rings. The Labute approximate surface area is 83.0 Å². The van der Waals surface area contributed by atoms with Gasteiger partial charge < -0.3 is 9.47 Å². The Morgan fingerprint density at radius 3 is 2.93 bits per heavy atom. The fourth-order valence-electron chi connectivity index (χ4n) is 1.09. The second-order valence-corrected chi connectivity index (χ2v) is 3.21. The Bertz CT molecular complexity index is 229. The van der Waals surface area contributed by atoms with Gasteiger partial charge in [-0.05, 0) is 13.3 Å². The topological polar surface area (TPSA) is 55.8 Å². The molecule has 1 saturated heterocycles. The molecule has 0 bridgehead atoms. The number of cyclic esters (lactones) is 1. The zero-order valence-corrected chi connectivity index (χ0v) is 8.49. The van der Waals surface area contributed by atoms with Crippen LogP contribution in [0.3, 0.4) is 0 Å². The highest BCUT2D eigenvalue weighted by molar-refractivity contribution is 5.83. The fourth-order valence-corrected chi connectivity index (χ4v) is 1.09. The van der Waals surface area contributed by atoms with Crippen molar-refractivity contribution in [3.8, 4) is 0 Å². The number of unbranched alkanes of at least 4 members (excludes halogenated alkanes) is 1. The number of hydrogen-bond donors (Lipinski definition) is 0. The van der Waals surface area contributed by atoms with Crippen LogP contribution in [0.4, 0.5) is 4.79 Å². The van der Waals surface area contributed by atoms with Gasteiger partial charge in [-0.1, -0.05) is 13.3 Å². The second-order valence-electron chi connectivity index (χ2n) is 3.21. The Balaban J connectivity index is 2.34. The van der Waals surface area contributed by atoms with Crippen LogP contribution in [0.5, 0.6) is 0 Å². The first-order valence-electron chi connectivity index (χ1n) is 4.77. The van der Waals surface area contributed by atoms with Gasteiger partial charge in [0.1, 0.15) is 6.04 Å². The summed E-state index contributed by atoms with van der Waals surface area (Å²) in [5.41, 5.74) is 0. The lowest BCUT2D eigenvalue weighted by atomic mass is 10.3. The molecule has 0 N–H and O–H groups in total. The number of esters is 1. The van der Waals surface area contributed by atoms with E-state index in [0.717, 1.165) is 12.8 Å². The Kier molecular flexibility index (Phi) is 3.73. The van der Waals surface area contributed by atoms with Crippen molar-refractivity contribution >= 4 is 12.1 Å². The van der Waals surface area contributed by atoms with Crippen molar-refractivity contribution in [3.63, 3.8) is 0 Å². The molecule has 1 aliphatic rings. The maximum absolute atomic E-state index is 11.3. The molecule has 1 aliphatic heterocycles. The first-order chi connectivity index (χ1) is 6.66. The molecule has 1 heterocycles. The minimum Gasteiger partial charge on any atom is -0.449 e. The zero-order valence-electron chi connectivity index (χ0n) is 8.49. The van der Waals surface area contributed by atoms with Gasteiger partial charge >= 0.3 is 12.1 Å². The third-order valence-corrected chi connectivity index (χ3v) is 2.11. The number of carbonyl (C=O) groups is 2. The number of nitrogens with zero attached hydrogens (tertiary/aromatic N) is 1. The molecule has 5 heteroatoms. The molecule has 1 unspecified atom stereocenters.